The first-order valence-electron chi connectivity index (χ1n) is 14.7. The monoisotopic (exact) mass is 573 g/mol. The van der Waals surface area contributed by atoms with Crippen molar-refractivity contribution in [3.05, 3.63) is 42.0 Å². The van der Waals surface area contributed by atoms with Gasteiger partial charge < -0.3 is 15.7 Å². The van der Waals surface area contributed by atoms with Crippen LogP contribution < -0.4 is 10.6 Å². The van der Waals surface area contributed by atoms with Gasteiger partial charge in [-0.3, -0.25) is 4.79 Å². The van der Waals surface area contributed by atoms with E-state index in [0.717, 1.165) is 35.2 Å². The lowest BCUT2D eigenvalue weighted by molar-refractivity contribution is -0.192. The molecule has 2 saturated carbocycles. The number of aliphatic carboxylic acids is 1. The molecule has 0 aliphatic heterocycles. The summed E-state index contributed by atoms with van der Waals surface area (Å²) in [5, 5.41) is 25.7. The molecule has 224 valence electrons. The Morgan fingerprint density at radius 3 is 2.00 bits per heavy atom. The first kappa shape index (κ1) is 32.2. The van der Waals surface area contributed by atoms with Crippen molar-refractivity contribution in [2.75, 3.05) is 5.32 Å². The highest BCUT2D eigenvalue weighted by atomic mass is 19.4. The zero-order valence-corrected chi connectivity index (χ0v) is 24.0. The molecule has 3 N–H and O–H groups in total. The van der Waals surface area contributed by atoms with Gasteiger partial charge in [-0.1, -0.05) is 88.5 Å². The summed E-state index contributed by atoms with van der Waals surface area (Å²) in [5.41, 5.74) is 1.40. The average molecular weight is 574 g/mol. The highest BCUT2D eigenvalue weighted by Crippen LogP contribution is 2.33. The molecular formula is C32H42F3N3O3. The Morgan fingerprint density at radius 1 is 0.927 bits per heavy atom. The molecular weight excluding hydrogens is 531 g/mol. The van der Waals surface area contributed by atoms with E-state index in [1.54, 1.807) is 0 Å². The number of nitriles is 1. The standard InChI is InChI=1S/C30H41N3O.C2HF3O2/c1-30(2,20-23-13-7-4-8-14-23)33-29(34)28(19-22-11-5-3-6-12-22)32-27-18-17-24(21-31)25-15-9-10-16-26(25)27;3-2(4,5)1(6)7/h9-10,15-18,22-23,28,32H,3-8,11-14,19-20H2,1-2H3,(H,33,34);(H,6,7)/t28-;/m0./s1. The summed E-state index contributed by atoms with van der Waals surface area (Å²) >= 11 is 0. The van der Waals surface area contributed by atoms with E-state index < -0.39 is 12.1 Å². The smallest absolute Gasteiger partial charge is 0.475 e. The van der Waals surface area contributed by atoms with E-state index in [9.17, 15) is 23.2 Å². The second kappa shape index (κ2) is 14.6. The number of amides is 1. The molecule has 0 spiro atoms. The Morgan fingerprint density at radius 2 is 1.46 bits per heavy atom. The average Bonchev–Trinajstić information content (AvgIpc) is 2.93. The number of halogens is 3. The number of anilines is 1. The van der Waals surface area contributed by atoms with Gasteiger partial charge in [-0.15, -0.1) is 0 Å². The van der Waals surface area contributed by atoms with Gasteiger partial charge in [-0.05, 0) is 50.7 Å². The second-order valence-corrected chi connectivity index (χ2v) is 12.1. The van der Waals surface area contributed by atoms with E-state index in [1.807, 2.05) is 36.4 Å². The van der Waals surface area contributed by atoms with Crippen LogP contribution in [0.4, 0.5) is 18.9 Å². The lowest BCUT2D eigenvalue weighted by atomic mass is 9.80. The second-order valence-electron chi connectivity index (χ2n) is 12.1. The zero-order valence-electron chi connectivity index (χ0n) is 24.0. The van der Waals surface area contributed by atoms with Crippen LogP contribution in [0.1, 0.15) is 96.5 Å². The minimum Gasteiger partial charge on any atom is -0.475 e. The maximum atomic E-state index is 13.7. The number of nitrogens with zero attached hydrogens (tertiary/aromatic N) is 1. The topological polar surface area (TPSA) is 102 Å². The van der Waals surface area contributed by atoms with Crippen LogP contribution in [0.3, 0.4) is 0 Å². The maximum Gasteiger partial charge on any atom is 0.490 e. The number of carboxylic acid groups (broad SMARTS) is 1. The Bertz CT molecular complexity index is 1210. The lowest BCUT2D eigenvalue weighted by Crippen LogP contribution is -2.51. The van der Waals surface area contributed by atoms with E-state index in [1.165, 1.54) is 64.2 Å². The number of carboxylic acids is 1. The Labute approximate surface area is 240 Å². The van der Waals surface area contributed by atoms with Crippen molar-refractivity contribution in [3.63, 3.8) is 0 Å². The van der Waals surface area contributed by atoms with E-state index in [2.05, 4.69) is 30.6 Å². The molecule has 1 atom stereocenters. The fourth-order valence-corrected chi connectivity index (χ4v) is 6.28. The number of hydrogen-bond donors (Lipinski definition) is 3. The number of alkyl halides is 3. The summed E-state index contributed by atoms with van der Waals surface area (Å²) in [5.74, 6) is -1.34. The molecule has 0 heterocycles. The molecule has 2 aromatic rings. The van der Waals surface area contributed by atoms with E-state index in [0.29, 0.717) is 11.5 Å². The van der Waals surface area contributed by atoms with Gasteiger partial charge in [-0.2, -0.15) is 18.4 Å². The summed E-state index contributed by atoms with van der Waals surface area (Å²) < 4.78 is 31.7. The SMILES string of the molecule is CC(C)(CC1CCCCC1)NC(=O)[C@H](CC1CCCCC1)Nc1ccc(C#N)c2ccccc12.O=C(O)C(F)(F)F. The molecule has 4 rings (SSSR count). The third-order valence-corrected chi connectivity index (χ3v) is 8.21. The zero-order chi connectivity index (χ0) is 30.0. The molecule has 0 unspecified atom stereocenters. The first-order valence-corrected chi connectivity index (χ1v) is 14.7. The number of fused-ring (bicyclic) bond motifs is 1. The van der Waals surface area contributed by atoms with Gasteiger partial charge in [-0.25, -0.2) is 4.79 Å². The molecule has 2 aliphatic rings. The Kier molecular flexibility index (Phi) is 11.5. The fourth-order valence-electron chi connectivity index (χ4n) is 6.28. The number of carbonyl (C=O) groups excluding carboxylic acids is 1. The van der Waals surface area contributed by atoms with Gasteiger partial charge >= 0.3 is 12.1 Å². The van der Waals surface area contributed by atoms with Gasteiger partial charge in [0.05, 0.1) is 11.6 Å². The molecule has 6 nitrogen and oxygen atoms in total. The number of benzene rings is 2. The van der Waals surface area contributed by atoms with Crippen molar-refractivity contribution in [1.29, 1.82) is 5.26 Å². The molecule has 2 fully saturated rings. The third kappa shape index (κ3) is 9.94. The molecule has 0 bridgehead atoms. The van der Waals surface area contributed by atoms with Crippen molar-refractivity contribution >= 4 is 28.3 Å². The molecule has 2 aliphatic carbocycles. The van der Waals surface area contributed by atoms with Crippen LogP contribution in [0.25, 0.3) is 10.8 Å². The highest BCUT2D eigenvalue weighted by molar-refractivity contribution is 5.99. The maximum absolute atomic E-state index is 13.7. The van der Waals surface area contributed by atoms with Crippen LogP contribution in [-0.4, -0.2) is 34.7 Å². The van der Waals surface area contributed by atoms with Crippen molar-refractivity contribution in [2.24, 2.45) is 11.8 Å². The summed E-state index contributed by atoms with van der Waals surface area (Å²) in [7, 11) is 0. The first-order chi connectivity index (χ1) is 19.4. The largest absolute Gasteiger partial charge is 0.490 e. The molecule has 0 saturated heterocycles. The van der Waals surface area contributed by atoms with Crippen LogP contribution >= 0.6 is 0 Å². The molecule has 1 amide bonds. The molecule has 41 heavy (non-hydrogen) atoms. The Balaban J connectivity index is 0.000000587. The molecule has 9 heteroatoms. The molecule has 0 radical (unpaired) electrons. The Hall–Kier alpha value is -3.28. The van der Waals surface area contributed by atoms with Gasteiger partial charge in [0.2, 0.25) is 5.91 Å². The van der Waals surface area contributed by atoms with Crippen LogP contribution in [0.15, 0.2) is 36.4 Å². The van der Waals surface area contributed by atoms with Crippen molar-refractivity contribution < 1.29 is 27.9 Å². The van der Waals surface area contributed by atoms with Crippen LogP contribution in [0.2, 0.25) is 0 Å². The van der Waals surface area contributed by atoms with Crippen LogP contribution in [-0.2, 0) is 9.59 Å². The quantitative estimate of drug-likeness (QED) is 0.297. The number of carbonyl (C=O) groups is 2. The van der Waals surface area contributed by atoms with E-state index in [-0.39, 0.29) is 17.5 Å². The minimum atomic E-state index is -5.08. The summed E-state index contributed by atoms with van der Waals surface area (Å²) in [4.78, 5) is 22.6. The van der Waals surface area contributed by atoms with Crippen molar-refractivity contribution in [3.8, 4) is 6.07 Å². The lowest BCUT2D eigenvalue weighted by Gasteiger charge is -2.35. The number of rotatable bonds is 8. The minimum absolute atomic E-state index is 0.111. The van der Waals surface area contributed by atoms with E-state index >= 15 is 0 Å². The van der Waals surface area contributed by atoms with Crippen molar-refractivity contribution in [2.45, 2.75) is 109 Å². The molecule has 0 aromatic heterocycles. The summed E-state index contributed by atoms with van der Waals surface area (Å²) in [6.07, 6.45) is 9.70. The van der Waals surface area contributed by atoms with Crippen LogP contribution in [0.5, 0.6) is 0 Å². The van der Waals surface area contributed by atoms with Gasteiger partial charge in [0.1, 0.15) is 6.04 Å². The van der Waals surface area contributed by atoms with Gasteiger partial charge in [0.15, 0.2) is 0 Å². The normalized spacial score (nSPS) is 17.6. The van der Waals surface area contributed by atoms with Crippen molar-refractivity contribution in [1.82, 2.24) is 5.32 Å². The molecule has 2 aromatic carbocycles. The highest BCUT2D eigenvalue weighted by Gasteiger charge is 2.38. The number of nitrogens with one attached hydrogen (secondary N) is 2. The number of hydrogen-bond acceptors (Lipinski definition) is 4. The van der Waals surface area contributed by atoms with Gasteiger partial charge in [0, 0.05) is 22.0 Å². The van der Waals surface area contributed by atoms with Crippen LogP contribution in [0, 0.1) is 23.2 Å². The summed E-state index contributed by atoms with van der Waals surface area (Å²) in [6.45, 7) is 4.38. The fraction of sp³-hybridized carbons (Fsp3) is 0.594. The predicted molar refractivity (Wildman–Crippen MR) is 154 cm³/mol. The van der Waals surface area contributed by atoms with E-state index in [4.69, 9.17) is 9.90 Å². The third-order valence-electron chi connectivity index (χ3n) is 8.21. The van der Waals surface area contributed by atoms with Gasteiger partial charge in [0.25, 0.3) is 0 Å². The predicted octanol–water partition coefficient (Wildman–Crippen LogP) is 7.96. The summed E-state index contributed by atoms with van der Waals surface area (Å²) in [6, 6.07) is 13.9.